The van der Waals surface area contributed by atoms with Crippen LogP contribution in [-0.2, 0) is 9.53 Å². The minimum atomic E-state index is -0.251. The zero-order valence-corrected chi connectivity index (χ0v) is 25.9. The summed E-state index contributed by atoms with van der Waals surface area (Å²) >= 11 is 0. The number of hydrogen-bond acceptors (Lipinski definition) is 8. The molecule has 224 valence electrons. The second kappa shape index (κ2) is 11.2. The maximum Gasteiger partial charge on any atom is 0.305 e. The smallest absolute Gasteiger partial charge is 0.305 e. The third-order valence-corrected chi connectivity index (χ3v) is 9.66. The lowest BCUT2D eigenvalue weighted by Crippen LogP contribution is -2.15. The lowest BCUT2D eigenvalue weighted by atomic mass is 9.86. The van der Waals surface area contributed by atoms with Gasteiger partial charge in [0.15, 0.2) is 0 Å². The van der Waals surface area contributed by atoms with E-state index in [1.54, 1.807) is 0 Å². The first-order valence-corrected chi connectivity index (χ1v) is 15.3. The second-order valence-corrected chi connectivity index (χ2v) is 12.0. The summed E-state index contributed by atoms with van der Waals surface area (Å²) in [5.41, 5.74) is 14.3. The van der Waals surface area contributed by atoms with E-state index in [4.69, 9.17) is 19.7 Å². The third kappa shape index (κ3) is 4.82. The maximum atomic E-state index is 12.1. The number of esters is 1. The highest BCUT2D eigenvalue weighted by Crippen LogP contribution is 2.46. The number of fused-ring (bicyclic) bond motifs is 5. The number of carbonyl (C=O) groups excluding carboxylic acids is 1. The van der Waals surface area contributed by atoms with Gasteiger partial charge in [-0.2, -0.15) is 0 Å². The molecular formula is C35H40N4O4. The Kier molecular flexibility index (Phi) is 7.59. The molecule has 6 rings (SSSR count). The predicted octanol–water partition coefficient (Wildman–Crippen LogP) is 6.38. The molecule has 0 aromatic heterocycles. The Morgan fingerprint density at radius 3 is 2.42 bits per heavy atom. The van der Waals surface area contributed by atoms with Crippen LogP contribution < -0.4 is 5.32 Å². The highest BCUT2D eigenvalue weighted by molar-refractivity contribution is 6.21. The monoisotopic (exact) mass is 580 g/mol. The average Bonchev–Trinajstić information content (AvgIpc) is 3.73. The standard InChI is InChI=1S/C35H40N4O4/c1-7-21-17(2)26-15-30-22(10-11-32(42)43-6)18(3)25(37-30)14-27-19(4)23(9-8-12-40)34(38-27)24-13-31(41)33-20(5)28(39-35(24)33)16-29(21)36-26/h14-16,19,23,38,40-41H,7-13H2,1-6H3/t19-,23-/m0/s1. The molecule has 6 aliphatic rings. The summed E-state index contributed by atoms with van der Waals surface area (Å²) in [4.78, 5) is 27.4. The van der Waals surface area contributed by atoms with Crippen LogP contribution in [0.3, 0.4) is 0 Å². The van der Waals surface area contributed by atoms with E-state index in [2.05, 4.69) is 39.1 Å². The highest BCUT2D eigenvalue weighted by Gasteiger charge is 2.41. The van der Waals surface area contributed by atoms with Crippen molar-refractivity contribution in [3.8, 4) is 0 Å². The topological polar surface area (TPSA) is 116 Å². The lowest BCUT2D eigenvalue weighted by molar-refractivity contribution is -0.140. The van der Waals surface area contributed by atoms with Crippen LogP contribution in [0.25, 0.3) is 0 Å². The van der Waals surface area contributed by atoms with Gasteiger partial charge in [0, 0.05) is 53.8 Å². The van der Waals surface area contributed by atoms with Crippen molar-refractivity contribution >= 4 is 23.1 Å². The fourth-order valence-electron chi connectivity index (χ4n) is 7.11. The van der Waals surface area contributed by atoms with Gasteiger partial charge < -0.3 is 20.3 Å². The molecule has 43 heavy (non-hydrogen) atoms. The Morgan fingerprint density at radius 2 is 1.72 bits per heavy atom. The molecule has 0 aromatic carbocycles. The highest BCUT2D eigenvalue weighted by atomic mass is 16.5. The van der Waals surface area contributed by atoms with Crippen molar-refractivity contribution in [2.45, 2.75) is 73.1 Å². The molecule has 1 saturated heterocycles. The summed E-state index contributed by atoms with van der Waals surface area (Å²) in [5, 5.41) is 24.6. The number of methoxy groups -OCH3 is 1. The lowest BCUT2D eigenvalue weighted by Gasteiger charge is -2.17. The van der Waals surface area contributed by atoms with E-state index in [1.165, 1.54) is 7.11 Å². The van der Waals surface area contributed by atoms with E-state index in [0.29, 0.717) is 25.0 Å². The number of allylic oxidation sites excluding steroid dienone is 12. The molecular weight excluding hydrogens is 540 g/mol. The molecule has 0 saturated carbocycles. The Hall–Kier alpha value is -4.04. The van der Waals surface area contributed by atoms with E-state index < -0.39 is 0 Å². The molecule has 0 unspecified atom stereocenters. The van der Waals surface area contributed by atoms with Crippen molar-refractivity contribution in [2.24, 2.45) is 26.8 Å². The molecule has 0 amide bonds. The van der Waals surface area contributed by atoms with Gasteiger partial charge >= 0.3 is 5.97 Å². The summed E-state index contributed by atoms with van der Waals surface area (Å²) < 4.78 is 4.95. The van der Waals surface area contributed by atoms with Crippen molar-refractivity contribution in [2.75, 3.05) is 13.7 Å². The van der Waals surface area contributed by atoms with Gasteiger partial charge in [0.1, 0.15) is 5.76 Å². The van der Waals surface area contributed by atoms with Gasteiger partial charge in [0.25, 0.3) is 0 Å². The fourth-order valence-corrected chi connectivity index (χ4v) is 7.11. The van der Waals surface area contributed by atoms with Crippen LogP contribution >= 0.6 is 0 Å². The molecule has 0 spiro atoms. The molecule has 5 aliphatic heterocycles. The summed E-state index contributed by atoms with van der Waals surface area (Å²) in [7, 11) is 1.42. The Bertz CT molecular complexity index is 1680. The molecule has 1 aliphatic carbocycles. The number of aliphatic hydroxyl groups excluding tert-OH is 2. The van der Waals surface area contributed by atoms with Crippen molar-refractivity contribution in [3.63, 3.8) is 0 Å². The van der Waals surface area contributed by atoms with Gasteiger partial charge in [0.05, 0.1) is 41.3 Å². The Balaban J connectivity index is 1.58. The Morgan fingerprint density at radius 1 is 1.02 bits per heavy atom. The van der Waals surface area contributed by atoms with Crippen molar-refractivity contribution in [1.29, 1.82) is 0 Å². The number of rotatable bonds is 7. The molecule has 8 bridgehead atoms. The van der Waals surface area contributed by atoms with Crippen LogP contribution in [0.2, 0.25) is 0 Å². The number of nitrogens with one attached hydrogen (secondary N) is 1. The summed E-state index contributed by atoms with van der Waals surface area (Å²) in [6.07, 6.45) is 9.75. The molecule has 0 aromatic rings. The number of nitrogens with zero attached hydrogens (tertiary/aromatic N) is 3. The first-order chi connectivity index (χ1) is 20.7. The molecule has 8 heteroatoms. The zero-order chi connectivity index (χ0) is 30.6. The average molecular weight is 581 g/mol. The normalized spacial score (nSPS) is 24.4. The summed E-state index contributed by atoms with van der Waals surface area (Å²) in [6, 6.07) is 0. The quantitative estimate of drug-likeness (QED) is 0.302. The fraction of sp³-hybridized carbons (Fsp3) is 0.429. The van der Waals surface area contributed by atoms with Crippen molar-refractivity contribution in [1.82, 2.24) is 5.32 Å². The molecule has 2 atom stereocenters. The molecule has 5 heterocycles. The largest absolute Gasteiger partial charge is 0.511 e. The number of ether oxygens (including phenoxy) is 1. The van der Waals surface area contributed by atoms with Crippen LogP contribution in [0.1, 0.15) is 73.1 Å². The van der Waals surface area contributed by atoms with E-state index >= 15 is 0 Å². The molecule has 8 nitrogen and oxygen atoms in total. The van der Waals surface area contributed by atoms with Crippen LogP contribution in [0, 0.1) is 11.8 Å². The Labute approximate surface area is 253 Å². The van der Waals surface area contributed by atoms with Crippen molar-refractivity contribution in [3.05, 3.63) is 91.5 Å². The predicted molar refractivity (Wildman–Crippen MR) is 170 cm³/mol. The van der Waals surface area contributed by atoms with Gasteiger partial charge in [0.2, 0.25) is 0 Å². The number of aliphatic imine (C=N–C) groups is 3. The first-order valence-electron chi connectivity index (χ1n) is 15.3. The van der Waals surface area contributed by atoms with Gasteiger partial charge in [-0.3, -0.25) is 4.79 Å². The number of carbonyl (C=O) groups is 1. The summed E-state index contributed by atoms with van der Waals surface area (Å²) in [5.74, 6) is 0.384. The molecule has 0 radical (unpaired) electrons. The third-order valence-electron chi connectivity index (χ3n) is 9.66. The van der Waals surface area contributed by atoms with Crippen LogP contribution in [0.4, 0.5) is 0 Å². The van der Waals surface area contributed by atoms with E-state index in [-0.39, 0.29) is 30.8 Å². The van der Waals surface area contributed by atoms with E-state index in [0.717, 1.165) is 97.5 Å². The molecule has 3 N–H and O–H groups in total. The van der Waals surface area contributed by atoms with Gasteiger partial charge in [-0.1, -0.05) is 13.8 Å². The SMILES string of the molecule is CCC1=C(C)C2=NC1=CC1=C(C)C3=C(O)CC(=C4NC(=CC5=NC(=C2)C(CCC(=O)OC)=C5C)[C@@H](C)[C@@H]4CCCO)C3=N1. The zero-order valence-electron chi connectivity index (χ0n) is 25.9. The minimum Gasteiger partial charge on any atom is -0.511 e. The van der Waals surface area contributed by atoms with E-state index in [9.17, 15) is 15.0 Å². The van der Waals surface area contributed by atoms with Gasteiger partial charge in [-0.25, -0.2) is 15.0 Å². The van der Waals surface area contributed by atoms with Crippen LogP contribution in [0.15, 0.2) is 106 Å². The number of aliphatic hydroxyl groups is 2. The van der Waals surface area contributed by atoms with E-state index in [1.807, 2.05) is 19.1 Å². The van der Waals surface area contributed by atoms with Crippen LogP contribution in [0.5, 0.6) is 0 Å². The molecule has 1 fully saturated rings. The maximum absolute atomic E-state index is 12.1. The minimum absolute atomic E-state index is 0.125. The first kappa shape index (κ1) is 29.1. The van der Waals surface area contributed by atoms with Gasteiger partial charge in [-0.05, 0) is 92.5 Å². The summed E-state index contributed by atoms with van der Waals surface area (Å²) in [6.45, 7) is 10.7. The van der Waals surface area contributed by atoms with Gasteiger partial charge in [-0.15, -0.1) is 0 Å². The van der Waals surface area contributed by atoms with Crippen LogP contribution in [-0.4, -0.2) is 47.0 Å². The number of hydrogen-bond donors (Lipinski definition) is 3. The second-order valence-electron chi connectivity index (χ2n) is 12.0. The van der Waals surface area contributed by atoms with Crippen molar-refractivity contribution < 1.29 is 19.7 Å².